The molecular formula is C32H39N5O6. The van der Waals surface area contributed by atoms with Crippen molar-refractivity contribution in [3.8, 4) is 5.75 Å². The third-order valence-corrected chi connectivity index (χ3v) is 6.52. The van der Waals surface area contributed by atoms with Gasteiger partial charge in [-0.3, -0.25) is 4.79 Å². The van der Waals surface area contributed by atoms with Crippen molar-refractivity contribution in [2.75, 3.05) is 19.0 Å². The first-order chi connectivity index (χ1) is 20.4. The van der Waals surface area contributed by atoms with E-state index in [1.807, 2.05) is 44.2 Å². The zero-order valence-electron chi connectivity index (χ0n) is 25.7. The summed E-state index contributed by atoms with van der Waals surface area (Å²) in [6, 6.07) is 13.9. The van der Waals surface area contributed by atoms with Gasteiger partial charge in [0.1, 0.15) is 24.0 Å². The van der Waals surface area contributed by atoms with Crippen molar-refractivity contribution >= 4 is 45.6 Å². The number of carbonyl (C=O) groups excluding carboxylic acids is 3. The van der Waals surface area contributed by atoms with E-state index in [0.717, 1.165) is 10.2 Å². The van der Waals surface area contributed by atoms with Crippen LogP contribution in [0.2, 0.25) is 0 Å². The number of pyridine rings is 1. The molecule has 0 spiro atoms. The Kier molecular flexibility index (Phi) is 9.53. The molecule has 43 heavy (non-hydrogen) atoms. The zero-order valence-corrected chi connectivity index (χ0v) is 25.7. The molecule has 4 rings (SSSR count). The van der Waals surface area contributed by atoms with Crippen molar-refractivity contribution in [3.63, 3.8) is 0 Å². The van der Waals surface area contributed by atoms with Crippen LogP contribution in [0.1, 0.15) is 52.3 Å². The Balaban J connectivity index is 1.65. The van der Waals surface area contributed by atoms with E-state index >= 15 is 0 Å². The van der Waals surface area contributed by atoms with Gasteiger partial charge in [0.2, 0.25) is 5.91 Å². The highest BCUT2D eigenvalue weighted by Crippen LogP contribution is 2.35. The first-order valence-corrected chi connectivity index (χ1v) is 14.2. The molecule has 11 nitrogen and oxygen atoms in total. The third kappa shape index (κ3) is 7.79. The third-order valence-electron chi connectivity index (χ3n) is 6.52. The number of rotatable bonds is 10. The number of nitrogens with one attached hydrogen (secondary N) is 2. The van der Waals surface area contributed by atoms with E-state index in [4.69, 9.17) is 19.2 Å². The minimum atomic E-state index is -0.799. The quantitative estimate of drug-likeness (QED) is 0.234. The van der Waals surface area contributed by atoms with Crippen LogP contribution in [-0.2, 0) is 25.7 Å². The highest BCUT2D eigenvalue weighted by atomic mass is 16.6. The molecule has 0 saturated carbocycles. The maximum absolute atomic E-state index is 13.2. The van der Waals surface area contributed by atoms with E-state index in [1.54, 1.807) is 53.0 Å². The SMILES string of the molecule is COc1ccc2nc3c(c(C)nn3C(=O)OCc3ccccc3)c(NCC(=O)N[C@@H](CC(C)C)C(=O)OC(C)(C)C)c2c1. The number of carbonyl (C=O) groups is 3. The van der Waals surface area contributed by atoms with Gasteiger partial charge in [0, 0.05) is 5.39 Å². The summed E-state index contributed by atoms with van der Waals surface area (Å²) in [7, 11) is 1.56. The molecule has 1 atom stereocenters. The number of ether oxygens (including phenoxy) is 3. The summed E-state index contributed by atoms with van der Waals surface area (Å²) in [6.07, 6.45) is -0.253. The number of benzene rings is 2. The minimum absolute atomic E-state index is 0.0747. The summed E-state index contributed by atoms with van der Waals surface area (Å²) in [5, 5.41) is 11.7. The highest BCUT2D eigenvalue weighted by molar-refractivity contribution is 6.10. The molecule has 0 unspecified atom stereocenters. The molecule has 0 radical (unpaired) electrons. The summed E-state index contributed by atoms with van der Waals surface area (Å²) < 4.78 is 17.6. The van der Waals surface area contributed by atoms with Crippen LogP contribution in [-0.4, -0.2) is 58.0 Å². The molecule has 2 aromatic carbocycles. The van der Waals surface area contributed by atoms with Gasteiger partial charge in [-0.25, -0.2) is 14.6 Å². The molecule has 0 aliphatic carbocycles. The molecule has 2 heterocycles. The van der Waals surface area contributed by atoms with Crippen LogP contribution in [0, 0.1) is 12.8 Å². The second-order valence-electron chi connectivity index (χ2n) is 11.7. The molecule has 1 amide bonds. The smallest absolute Gasteiger partial charge is 0.437 e. The highest BCUT2D eigenvalue weighted by Gasteiger charge is 2.28. The summed E-state index contributed by atoms with van der Waals surface area (Å²) >= 11 is 0. The molecule has 0 bridgehead atoms. The Bertz CT molecular complexity index is 1620. The maximum atomic E-state index is 13.2. The van der Waals surface area contributed by atoms with Crippen LogP contribution < -0.4 is 15.4 Å². The van der Waals surface area contributed by atoms with Crippen LogP contribution in [0.15, 0.2) is 48.5 Å². The molecule has 0 aliphatic heterocycles. The van der Waals surface area contributed by atoms with Crippen molar-refractivity contribution in [1.29, 1.82) is 0 Å². The van der Waals surface area contributed by atoms with E-state index < -0.39 is 29.6 Å². The Morgan fingerprint density at radius 3 is 2.42 bits per heavy atom. The Labute approximate surface area is 250 Å². The number of aromatic nitrogens is 3. The predicted molar refractivity (Wildman–Crippen MR) is 164 cm³/mol. The number of fused-ring (bicyclic) bond motifs is 2. The standard InChI is InChI=1S/C32H39N5O6/c1-19(2)15-25(30(39)43-32(4,5)6)34-26(38)17-33-28-23-16-22(41-7)13-14-24(23)35-29-27(28)20(3)36-37(29)31(40)42-18-21-11-9-8-10-12-21/h8-14,16,19,25H,15,17-18H2,1-7H3,(H,33,35)(H,34,38)/t25-/m0/s1. The van der Waals surface area contributed by atoms with Crippen molar-refractivity contribution in [2.45, 2.75) is 66.2 Å². The molecule has 0 aliphatic rings. The van der Waals surface area contributed by atoms with Crippen LogP contribution >= 0.6 is 0 Å². The second kappa shape index (κ2) is 13.1. The lowest BCUT2D eigenvalue weighted by Crippen LogP contribution is -2.46. The molecule has 2 N–H and O–H groups in total. The van der Waals surface area contributed by atoms with Crippen molar-refractivity contribution in [3.05, 3.63) is 59.8 Å². The monoisotopic (exact) mass is 589 g/mol. The van der Waals surface area contributed by atoms with Gasteiger partial charge < -0.3 is 24.8 Å². The van der Waals surface area contributed by atoms with Crippen molar-refractivity contribution in [2.24, 2.45) is 5.92 Å². The molecular weight excluding hydrogens is 550 g/mol. The van der Waals surface area contributed by atoms with Gasteiger partial charge in [-0.15, -0.1) is 4.68 Å². The van der Waals surface area contributed by atoms with E-state index in [-0.39, 0.29) is 24.7 Å². The van der Waals surface area contributed by atoms with Crippen LogP contribution in [0.4, 0.5) is 10.5 Å². The molecule has 4 aromatic rings. The molecule has 2 aromatic heterocycles. The number of amides is 1. The predicted octanol–water partition coefficient (Wildman–Crippen LogP) is 5.37. The van der Waals surface area contributed by atoms with E-state index in [1.165, 1.54) is 0 Å². The fraction of sp³-hybridized carbons (Fsp3) is 0.406. The average molecular weight is 590 g/mol. The number of hydrogen-bond donors (Lipinski definition) is 2. The van der Waals surface area contributed by atoms with E-state index in [9.17, 15) is 14.4 Å². The van der Waals surface area contributed by atoms with Gasteiger partial charge >= 0.3 is 12.1 Å². The molecule has 11 heteroatoms. The molecule has 0 saturated heterocycles. The number of esters is 1. The fourth-order valence-electron chi connectivity index (χ4n) is 4.66. The first-order valence-electron chi connectivity index (χ1n) is 14.2. The Morgan fingerprint density at radius 2 is 1.77 bits per heavy atom. The van der Waals surface area contributed by atoms with Crippen LogP contribution in [0.25, 0.3) is 21.9 Å². The van der Waals surface area contributed by atoms with Gasteiger partial charge in [0.25, 0.3) is 0 Å². The lowest BCUT2D eigenvalue weighted by molar-refractivity contribution is -0.159. The second-order valence-corrected chi connectivity index (χ2v) is 11.7. The van der Waals surface area contributed by atoms with Gasteiger partial charge in [0.15, 0.2) is 5.65 Å². The lowest BCUT2D eigenvalue weighted by atomic mass is 10.0. The number of anilines is 1. The molecule has 0 fully saturated rings. The summed E-state index contributed by atoms with van der Waals surface area (Å²) in [5.41, 5.74) is 2.05. The normalized spacial score (nSPS) is 12.3. The number of hydrogen-bond acceptors (Lipinski definition) is 9. The Morgan fingerprint density at radius 1 is 1.05 bits per heavy atom. The lowest BCUT2D eigenvalue weighted by Gasteiger charge is -2.25. The fourth-order valence-corrected chi connectivity index (χ4v) is 4.66. The Hall–Kier alpha value is -4.67. The van der Waals surface area contributed by atoms with Crippen molar-refractivity contribution < 1.29 is 28.6 Å². The van der Waals surface area contributed by atoms with Gasteiger partial charge in [-0.2, -0.15) is 5.10 Å². The van der Waals surface area contributed by atoms with Crippen LogP contribution in [0.5, 0.6) is 5.75 Å². The summed E-state index contributed by atoms with van der Waals surface area (Å²) in [6.45, 7) is 11.0. The van der Waals surface area contributed by atoms with Gasteiger partial charge in [-0.05, 0) is 63.8 Å². The van der Waals surface area contributed by atoms with Crippen LogP contribution in [0.3, 0.4) is 0 Å². The maximum Gasteiger partial charge on any atom is 0.437 e. The average Bonchev–Trinajstić information content (AvgIpc) is 3.28. The van der Waals surface area contributed by atoms with Gasteiger partial charge in [-0.1, -0.05) is 44.2 Å². The van der Waals surface area contributed by atoms with Crippen molar-refractivity contribution in [1.82, 2.24) is 20.1 Å². The molecule has 228 valence electrons. The first kappa shape index (κ1) is 31.3. The summed E-state index contributed by atoms with van der Waals surface area (Å²) in [5.74, 6) is -0.139. The van der Waals surface area contributed by atoms with E-state index in [2.05, 4.69) is 15.7 Å². The number of nitrogens with zero attached hydrogens (tertiary/aromatic N) is 3. The number of methoxy groups -OCH3 is 1. The largest absolute Gasteiger partial charge is 0.497 e. The number of aryl methyl sites for hydroxylation is 1. The van der Waals surface area contributed by atoms with E-state index in [0.29, 0.717) is 39.8 Å². The zero-order chi connectivity index (χ0) is 31.3. The topological polar surface area (TPSA) is 134 Å². The summed E-state index contributed by atoms with van der Waals surface area (Å²) in [4.78, 5) is 43.9. The minimum Gasteiger partial charge on any atom is -0.497 e. The van der Waals surface area contributed by atoms with Gasteiger partial charge in [0.05, 0.1) is 35.9 Å².